The predicted octanol–water partition coefficient (Wildman–Crippen LogP) is 2.82. The van der Waals surface area contributed by atoms with Crippen molar-refractivity contribution in [3.8, 4) is 0 Å². The van der Waals surface area contributed by atoms with Crippen LogP contribution in [0, 0.1) is 0 Å². The van der Waals surface area contributed by atoms with E-state index < -0.39 is 42.0 Å². The first-order chi connectivity index (χ1) is 24.3. The van der Waals surface area contributed by atoms with E-state index in [0.717, 1.165) is 44.2 Å². The molecule has 9 N–H and O–H groups in total. The summed E-state index contributed by atoms with van der Waals surface area (Å²) in [6.45, 7) is 0.913. The van der Waals surface area contributed by atoms with Crippen LogP contribution in [0.3, 0.4) is 0 Å². The number of aromatic nitrogens is 2. The molecule has 0 saturated carbocycles. The number of nitrogens with two attached hydrogens (primary N) is 1. The Morgan fingerprint density at radius 2 is 1.46 bits per heavy atom. The van der Waals surface area contributed by atoms with Gasteiger partial charge in [-0.15, -0.1) is 0 Å². The van der Waals surface area contributed by atoms with Crippen LogP contribution in [-0.2, 0) is 45.0 Å². The van der Waals surface area contributed by atoms with Crippen molar-refractivity contribution in [3.05, 3.63) is 107 Å². The fourth-order valence-electron chi connectivity index (χ4n) is 6.68. The van der Waals surface area contributed by atoms with E-state index in [-0.39, 0.29) is 18.7 Å². The first kappa shape index (κ1) is 34.4. The van der Waals surface area contributed by atoms with Gasteiger partial charge < -0.3 is 36.8 Å². The molecule has 0 unspecified atom stereocenters. The van der Waals surface area contributed by atoms with Crippen molar-refractivity contribution in [2.45, 2.75) is 69.2 Å². The Morgan fingerprint density at radius 3 is 2.22 bits per heavy atom. The van der Waals surface area contributed by atoms with E-state index in [9.17, 15) is 24.3 Å². The van der Waals surface area contributed by atoms with Crippen molar-refractivity contribution in [1.29, 1.82) is 0 Å². The fourth-order valence-corrected chi connectivity index (χ4v) is 6.68. The smallest absolute Gasteiger partial charge is 0.326 e. The number of benzene rings is 3. The minimum absolute atomic E-state index is 0.0430. The van der Waals surface area contributed by atoms with E-state index in [1.807, 2.05) is 78.9 Å². The molecule has 0 radical (unpaired) electrons. The summed E-state index contributed by atoms with van der Waals surface area (Å²) in [6, 6.07) is 20.8. The van der Waals surface area contributed by atoms with Crippen LogP contribution >= 0.6 is 0 Å². The summed E-state index contributed by atoms with van der Waals surface area (Å²) < 4.78 is 0. The lowest BCUT2D eigenvalue weighted by Crippen LogP contribution is -2.58. The topological polar surface area (TPSA) is 194 Å². The molecule has 3 heterocycles. The summed E-state index contributed by atoms with van der Waals surface area (Å²) in [6.07, 6.45) is 3.91. The predicted molar refractivity (Wildman–Crippen MR) is 191 cm³/mol. The van der Waals surface area contributed by atoms with Gasteiger partial charge in [0.15, 0.2) is 0 Å². The Bertz CT molecular complexity index is 1970. The molecule has 2 aromatic heterocycles. The van der Waals surface area contributed by atoms with Crippen molar-refractivity contribution >= 4 is 45.5 Å². The van der Waals surface area contributed by atoms with Gasteiger partial charge in [-0.2, -0.15) is 0 Å². The highest BCUT2D eigenvalue weighted by Crippen LogP contribution is 2.26. The van der Waals surface area contributed by atoms with E-state index >= 15 is 0 Å². The average molecular weight is 678 g/mol. The molecule has 1 aliphatic rings. The molecule has 12 heteroatoms. The number of carbonyl (C=O) groups is 4. The lowest BCUT2D eigenvalue weighted by molar-refractivity contribution is -0.142. The summed E-state index contributed by atoms with van der Waals surface area (Å²) in [4.78, 5) is 60.3. The molecule has 0 aliphatic carbocycles. The third-order valence-corrected chi connectivity index (χ3v) is 9.36. The average Bonchev–Trinajstić information content (AvgIpc) is 3.71. The van der Waals surface area contributed by atoms with E-state index in [2.05, 4.69) is 31.2 Å². The standard InChI is InChI=1S/C38H43N7O5/c39-17-9-8-16-30(43-36(47)31-20-27-26-13-5-7-15-29(26)42-34(27)22-41-31)35(46)44-32(18-23-10-2-1-3-11-23)37(48)45-33(38(49)50)19-24-21-40-28-14-6-4-12-25(24)28/h1-7,10-15,21,30-33,40-42H,8-9,16-20,22,39H2,(H,43,47)(H,44,46)(H,45,48)(H,49,50)/t30-,31-,32-,33-/m0/s1. The molecule has 0 fully saturated rings. The van der Waals surface area contributed by atoms with Gasteiger partial charge in [0, 0.05) is 53.1 Å². The van der Waals surface area contributed by atoms with Crippen LogP contribution in [0.1, 0.15) is 41.6 Å². The van der Waals surface area contributed by atoms with Gasteiger partial charge in [0.2, 0.25) is 17.7 Å². The fraction of sp³-hybridized carbons (Fsp3) is 0.316. The molecule has 3 aromatic carbocycles. The van der Waals surface area contributed by atoms with Gasteiger partial charge >= 0.3 is 5.97 Å². The van der Waals surface area contributed by atoms with Gasteiger partial charge in [-0.1, -0.05) is 66.7 Å². The van der Waals surface area contributed by atoms with E-state index in [0.29, 0.717) is 38.8 Å². The highest BCUT2D eigenvalue weighted by atomic mass is 16.4. The molecule has 1 aliphatic heterocycles. The van der Waals surface area contributed by atoms with Gasteiger partial charge in [-0.25, -0.2) is 4.79 Å². The largest absolute Gasteiger partial charge is 0.480 e. The quantitative estimate of drug-likeness (QED) is 0.0781. The molecule has 6 rings (SSSR count). The lowest BCUT2D eigenvalue weighted by atomic mass is 9.97. The van der Waals surface area contributed by atoms with Crippen LogP contribution in [-0.4, -0.2) is 69.5 Å². The molecule has 0 saturated heterocycles. The number of amides is 3. The molecule has 50 heavy (non-hydrogen) atoms. The summed E-state index contributed by atoms with van der Waals surface area (Å²) >= 11 is 0. The van der Waals surface area contributed by atoms with Crippen LogP contribution in [0.15, 0.2) is 85.1 Å². The molecule has 260 valence electrons. The Kier molecular flexibility index (Phi) is 10.9. The Balaban J connectivity index is 1.18. The van der Waals surface area contributed by atoms with Crippen LogP contribution < -0.4 is 27.0 Å². The lowest BCUT2D eigenvalue weighted by Gasteiger charge is -2.28. The minimum atomic E-state index is -1.25. The molecule has 0 spiro atoms. The zero-order chi connectivity index (χ0) is 35.0. The number of hydrogen-bond acceptors (Lipinski definition) is 6. The number of rotatable bonds is 15. The number of aromatic amines is 2. The van der Waals surface area contributed by atoms with Gasteiger partial charge in [0.05, 0.1) is 6.04 Å². The summed E-state index contributed by atoms with van der Waals surface area (Å²) in [5.74, 6) is -2.68. The van der Waals surface area contributed by atoms with Gasteiger partial charge in [0.1, 0.15) is 18.1 Å². The third kappa shape index (κ3) is 8.04. The van der Waals surface area contributed by atoms with Crippen LogP contribution in [0.5, 0.6) is 0 Å². The van der Waals surface area contributed by atoms with E-state index in [4.69, 9.17) is 5.73 Å². The molecule has 0 bridgehead atoms. The maximum Gasteiger partial charge on any atom is 0.326 e. The van der Waals surface area contributed by atoms with Crippen LogP contribution in [0.25, 0.3) is 21.8 Å². The Hall–Kier alpha value is -5.46. The number of hydrogen-bond donors (Lipinski definition) is 8. The molecule has 12 nitrogen and oxygen atoms in total. The number of nitrogens with one attached hydrogen (secondary N) is 6. The number of para-hydroxylation sites is 2. The summed E-state index contributed by atoms with van der Waals surface area (Å²) in [5.41, 5.74) is 11.2. The zero-order valence-electron chi connectivity index (χ0n) is 27.7. The van der Waals surface area contributed by atoms with E-state index in [1.165, 1.54) is 0 Å². The second-order valence-corrected chi connectivity index (χ2v) is 12.8. The van der Waals surface area contributed by atoms with Gasteiger partial charge in [0.25, 0.3) is 0 Å². The number of unbranched alkanes of at least 4 members (excludes halogenated alkanes) is 1. The van der Waals surface area contributed by atoms with E-state index in [1.54, 1.807) is 6.20 Å². The highest BCUT2D eigenvalue weighted by molar-refractivity contribution is 5.95. The maximum absolute atomic E-state index is 13.9. The molecular formula is C38H43N7O5. The molecule has 4 atom stereocenters. The first-order valence-electron chi connectivity index (χ1n) is 17.1. The first-order valence-corrected chi connectivity index (χ1v) is 17.1. The van der Waals surface area contributed by atoms with Gasteiger partial charge in [-0.3, -0.25) is 19.7 Å². The number of carboxylic acid groups (broad SMARTS) is 1. The van der Waals surface area contributed by atoms with Crippen LogP contribution in [0.4, 0.5) is 0 Å². The second kappa shape index (κ2) is 15.8. The van der Waals surface area contributed by atoms with Crippen molar-refractivity contribution in [2.75, 3.05) is 6.54 Å². The number of carboxylic acids is 1. The molecule has 5 aromatic rings. The Morgan fingerprint density at radius 1 is 0.780 bits per heavy atom. The van der Waals surface area contributed by atoms with Crippen LogP contribution in [0.2, 0.25) is 0 Å². The number of carbonyl (C=O) groups excluding carboxylic acids is 3. The number of H-pyrrole nitrogens is 2. The second-order valence-electron chi connectivity index (χ2n) is 12.8. The van der Waals surface area contributed by atoms with Crippen molar-refractivity contribution in [1.82, 2.24) is 31.2 Å². The van der Waals surface area contributed by atoms with Crippen molar-refractivity contribution < 1.29 is 24.3 Å². The summed E-state index contributed by atoms with van der Waals surface area (Å²) in [7, 11) is 0. The van der Waals surface area contributed by atoms with Crippen molar-refractivity contribution in [2.24, 2.45) is 5.73 Å². The molecule has 3 amide bonds. The summed E-state index contributed by atoms with van der Waals surface area (Å²) in [5, 5.41) is 23.8. The minimum Gasteiger partial charge on any atom is -0.480 e. The van der Waals surface area contributed by atoms with Crippen molar-refractivity contribution in [3.63, 3.8) is 0 Å². The molecular weight excluding hydrogens is 634 g/mol. The number of aliphatic carboxylic acids is 1. The highest BCUT2D eigenvalue weighted by Gasteiger charge is 2.33. The Labute approximate surface area is 289 Å². The zero-order valence-corrected chi connectivity index (χ0v) is 27.7. The number of fused-ring (bicyclic) bond motifs is 4. The van der Waals surface area contributed by atoms with Gasteiger partial charge in [-0.05, 0) is 61.1 Å². The third-order valence-electron chi connectivity index (χ3n) is 9.36. The SMILES string of the molecule is NCCCC[C@H](NC(=O)[C@@H]1Cc2c([nH]c3ccccc23)CN1)C(=O)N[C@@H](Cc1ccccc1)C(=O)N[C@@H](Cc1c[nH]c2ccccc12)C(=O)O. The monoisotopic (exact) mass is 677 g/mol. The maximum atomic E-state index is 13.9. The normalized spacial score (nSPS) is 15.9.